The maximum Gasteiger partial charge on any atom is 0.434 e. The van der Waals surface area contributed by atoms with Crippen molar-refractivity contribution < 1.29 is 28.0 Å². The Morgan fingerprint density at radius 2 is 1.89 bits per heavy atom. The van der Waals surface area contributed by atoms with Crippen molar-refractivity contribution in [3.05, 3.63) is 59.2 Å². The number of aromatic nitrogens is 2. The number of likely N-dealkylation sites (N-methyl/N-ethyl adjacent to an activating group) is 1. The number of carbonyl (C=O) groups excluding carboxylic acids is 2. The summed E-state index contributed by atoms with van der Waals surface area (Å²) in [6.45, 7) is 3.25. The number of aliphatic imine (C=N–C) groups is 2. The number of thioether (sulfide) groups is 1. The molecule has 200 valence electrons. The number of methoxy groups -OCH3 is 1. The van der Waals surface area contributed by atoms with Crippen LogP contribution in [0.25, 0.3) is 11.4 Å². The van der Waals surface area contributed by atoms with E-state index in [4.69, 9.17) is 14.0 Å². The Morgan fingerprint density at radius 3 is 2.45 bits per heavy atom. The first-order valence-electron chi connectivity index (χ1n) is 11.5. The molecule has 2 aromatic carbocycles. The second kappa shape index (κ2) is 13.0. The molecule has 0 unspecified atom stereocenters. The van der Waals surface area contributed by atoms with Crippen molar-refractivity contribution in [3.8, 4) is 17.1 Å². The Labute approximate surface area is 223 Å². The molecule has 0 bridgehead atoms. The van der Waals surface area contributed by atoms with Crippen molar-refractivity contribution >= 4 is 40.2 Å². The zero-order valence-corrected chi connectivity index (χ0v) is 22.8. The van der Waals surface area contributed by atoms with Gasteiger partial charge in [-0.3, -0.25) is 4.79 Å². The predicted molar refractivity (Wildman–Crippen MR) is 144 cm³/mol. The second-order valence-electron chi connectivity index (χ2n) is 8.12. The van der Waals surface area contributed by atoms with E-state index in [1.807, 2.05) is 6.92 Å². The lowest BCUT2D eigenvalue weighted by Gasteiger charge is -2.16. The van der Waals surface area contributed by atoms with E-state index in [-0.39, 0.29) is 34.6 Å². The minimum atomic E-state index is -0.856. The van der Waals surface area contributed by atoms with E-state index in [2.05, 4.69) is 20.1 Å². The van der Waals surface area contributed by atoms with Crippen LogP contribution in [0, 0.1) is 12.7 Å². The number of nitrogens with zero attached hydrogens (tertiary/aromatic N) is 5. The van der Waals surface area contributed by atoms with E-state index in [1.165, 1.54) is 18.1 Å². The first kappa shape index (κ1) is 28.5. The molecule has 10 nitrogen and oxygen atoms in total. The standard InChI is InChI=1S/C26H28FN5O5S/c1-7-16-12-19(22(27)20(13-16)36-14-21(33)32(3)4)23(25(38-6)30-26(34)35-5)29-18-10-8-17(9-11-18)24-28-15(2)37-31-24/h8-13H,7,14H2,1-6H3/b29-23+,30-25-. The van der Waals surface area contributed by atoms with Crippen LogP contribution in [0.4, 0.5) is 14.9 Å². The number of amides is 2. The van der Waals surface area contributed by atoms with Crippen molar-refractivity contribution in [1.82, 2.24) is 15.0 Å². The van der Waals surface area contributed by atoms with Gasteiger partial charge in [-0.1, -0.05) is 12.1 Å². The molecule has 0 spiro atoms. The SMILES string of the molecule is CCc1cc(OCC(=O)N(C)C)c(F)c(C(=N\c2ccc(-c3noc(C)n3)cc2)/C(=N/C(=O)OC)SC)c1. The maximum absolute atomic E-state index is 15.9. The van der Waals surface area contributed by atoms with Crippen LogP contribution in [0.15, 0.2) is 50.9 Å². The molecular weight excluding hydrogens is 513 g/mol. The third kappa shape index (κ3) is 7.03. The molecule has 0 N–H and O–H groups in total. The van der Waals surface area contributed by atoms with Crippen molar-refractivity contribution in [2.75, 3.05) is 34.1 Å². The maximum atomic E-state index is 15.9. The number of hydrogen-bond donors (Lipinski definition) is 0. The fraction of sp³-hybridized carbons (Fsp3) is 0.308. The van der Waals surface area contributed by atoms with Gasteiger partial charge in [0.2, 0.25) is 11.7 Å². The summed E-state index contributed by atoms with van der Waals surface area (Å²) in [5.41, 5.74) is 2.06. The third-order valence-electron chi connectivity index (χ3n) is 5.27. The number of hydrogen-bond acceptors (Lipinski definition) is 9. The fourth-order valence-electron chi connectivity index (χ4n) is 3.18. The highest BCUT2D eigenvalue weighted by Gasteiger charge is 2.22. The summed E-state index contributed by atoms with van der Waals surface area (Å²) < 4.78 is 31.1. The van der Waals surface area contributed by atoms with E-state index in [0.717, 1.165) is 17.3 Å². The van der Waals surface area contributed by atoms with Crippen LogP contribution >= 0.6 is 11.8 Å². The summed E-state index contributed by atoms with van der Waals surface area (Å²) in [5.74, 6) is -0.312. The summed E-state index contributed by atoms with van der Waals surface area (Å²) in [6, 6.07) is 10.1. The third-order valence-corrected chi connectivity index (χ3v) is 5.94. The summed E-state index contributed by atoms with van der Waals surface area (Å²) in [4.78, 5) is 38.2. The lowest BCUT2D eigenvalue weighted by Crippen LogP contribution is -2.28. The van der Waals surface area contributed by atoms with Gasteiger partial charge in [0.15, 0.2) is 18.2 Å². The topological polar surface area (TPSA) is 119 Å². The first-order chi connectivity index (χ1) is 18.2. The second-order valence-corrected chi connectivity index (χ2v) is 8.92. The van der Waals surface area contributed by atoms with Crippen molar-refractivity contribution in [2.24, 2.45) is 9.98 Å². The Balaban J connectivity index is 2.14. The number of benzene rings is 2. The van der Waals surface area contributed by atoms with Gasteiger partial charge in [-0.15, -0.1) is 11.8 Å². The highest BCUT2D eigenvalue weighted by Crippen LogP contribution is 2.28. The zero-order valence-electron chi connectivity index (χ0n) is 21.9. The molecule has 0 fully saturated rings. The molecule has 0 aliphatic carbocycles. The Bertz CT molecular complexity index is 1370. The van der Waals surface area contributed by atoms with Gasteiger partial charge in [0.1, 0.15) is 10.8 Å². The van der Waals surface area contributed by atoms with Gasteiger partial charge < -0.3 is 18.9 Å². The van der Waals surface area contributed by atoms with Crippen LogP contribution < -0.4 is 4.74 Å². The average molecular weight is 542 g/mol. The van der Waals surface area contributed by atoms with Crippen LogP contribution in [0.2, 0.25) is 0 Å². The van der Waals surface area contributed by atoms with Gasteiger partial charge in [0, 0.05) is 32.1 Å². The Hall–Kier alpha value is -4.06. The molecule has 0 aliphatic rings. The normalized spacial score (nSPS) is 11.9. The van der Waals surface area contributed by atoms with Gasteiger partial charge in [-0.2, -0.15) is 9.98 Å². The van der Waals surface area contributed by atoms with Crippen molar-refractivity contribution in [2.45, 2.75) is 20.3 Å². The summed E-state index contributed by atoms with van der Waals surface area (Å²) in [7, 11) is 4.37. The molecule has 1 aromatic heterocycles. The molecule has 3 aromatic rings. The molecule has 2 amide bonds. The summed E-state index contributed by atoms with van der Waals surface area (Å²) >= 11 is 1.11. The minimum absolute atomic E-state index is 0.0616. The highest BCUT2D eigenvalue weighted by molar-refractivity contribution is 8.15. The van der Waals surface area contributed by atoms with Crippen LogP contribution in [0.3, 0.4) is 0 Å². The minimum Gasteiger partial charge on any atom is -0.481 e. The Kier molecular flexibility index (Phi) is 9.72. The van der Waals surface area contributed by atoms with Crippen LogP contribution in [0.1, 0.15) is 23.9 Å². The largest absolute Gasteiger partial charge is 0.481 e. The molecule has 12 heteroatoms. The summed E-state index contributed by atoms with van der Waals surface area (Å²) in [5, 5.41) is 4.04. The van der Waals surface area contributed by atoms with Crippen LogP contribution in [-0.4, -0.2) is 71.9 Å². The number of ether oxygens (including phenoxy) is 2. The lowest BCUT2D eigenvalue weighted by atomic mass is 10.0. The molecule has 38 heavy (non-hydrogen) atoms. The number of carbonyl (C=O) groups is 2. The Morgan fingerprint density at radius 1 is 1.18 bits per heavy atom. The molecule has 3 rings (SSSR count). The number of aryl methyl sites for hydroxylation is 2. The highest BCUT2D eigenvalue weighted by atomic mass is 32.2. The van der Waals surface area contributed by atoms with E-state index in [9.17, 15) is 9.59 Å². The van der Waals surface area contributed by atoms with Crippen LogP contribution in [-0.2, 0) is 16.0 Å². The zero-order chi connectivity index (χ0) is 27.8. The van der Waals surface area contributed by atoms with Crippen LogP contribution in [0.5, 0.6) is 5.75 Å². The molecular formula is C26H28FN5O5S. The van der Waals surface area contributed by atoms with Gasteiger partial charge in [0.25, 0.3) is 5.91 Å². The van der Waals surface area contributed by atoms with E-state index < -0.39 is 11.9 Å². The molecule has 0 radical (unpaired) electrons. The van der Waals surface area contributed by atoms with E-state index in [1.54, 1.807) is 57.6 Å². The summed E-state index contributed by atoms with van der Waals surface area (Å²) in [6.07, 6.45) is 1.39. The molecule has 0 atom stereocenters. The quantitative estimate of drug-likeness (QED) is 0.293. The first-order valence-corrected chi connectivity index (χ1v) is 12.7. The number of halogens is 1. The monoisotopic (exact) mass is 541 g/mol. The molecule has 1 heterocycles. The van der Waals surface area contributed by atoms with Crippen molar-refractivity contribution in [3.63, 3.8) is 0 Å². The number of rotatable bonds is 8. The molecule has 0 aliphatic heterocycles. The molecule has 0 saturated carbocycles. The van der Waals surface area contributed by atoms with Crippen molar-refractivity contribution in [1.29, 1.82) is 0 Å². The van der Waals surface area contributed by atoms with Gasteiger partial charge >= 0.3 is 6.09 Å². The smallest absolute Gasteiger partial charge is 0.434 e. The predicted octanol–water partition coefficient (Wildman–Crippen LogP) is 4.86. The van der Waals surface area contributed by atoms with Gasteiger partial charge in [0.05, 0.1) is 12.8 Å². The van der Waals surface area contributed by atoms with Gasteiger partial charge in [-0.05, 0) is 54.6 Å². The van der Waals surface area contributed by atoms with E-state index in [0.29, 0.717) is 29.4 Å². The fourth-order valence-corrected chi connectivity index (χ4v) is 3.70. The molecule has 0 saturated heterocycles. The average Bonchev–Trinajstić information content (AvgIpc) is 3.36. The van der Waals surface area contributed by atoms with Gasteiger partial charge in [-0.25, -0.2) is 14.2 Å². The van der Waals surface area contributed by atoms with E-state index >= 15 is 4.39 Å². The lowest BCUT2D eigenvalue weighted by molar-refractivity contribution is -0.130.